The van der Waals surface area contributed by atoms with Crippen molar-refractivity contribution in [3.8, 4) is 10.6 Å². The van der Waals surface area contributed by atoms with Crippen LogP contribution in [0.2, 0.25) is 0 Å². The molecule has 3 rings (SSSR count). The smallest absolute Gasteiger partial charge is 0.296 e. The molecule has 0 radical (unpaired) electrons. The van der Waals surface area contributed by atoms with Gasteiger partial charge in [0.25, 0.3) is 5.91 Å². The fourth-order valence-electron chi connectivity index (χ4n) is 2.17. The lowest BCUT2D eigenvalue weighted by Crippen LogP contribution is -2.13. The first kappa shape index (κ1) is 17.1. The largest absolute Gasteiger partial charge is 0.416 e. The van der Waals surface area contributed by atoms with Crippen LogP contribution >= 0.6 is 11.3 Å². The van der Waals surface area contributed by atoms with Crippen LogP contribution in [-0.4, -0.2) is 16.1 Å². The third kappa shape index (κ3) is 4.03. The van der Waals surface area contributed by atoms with Gasteiger partial charge < -0.3 is 0 Å². The Bertz CT molecular complexity index is 921. The molecule has 0 fully saturated rings. The fourth-order valence-corrected chi connectivity index (χ4v) is 2.91. The van der Waals surface area contributed by atoms with Gasteiger partial charge in [0.1, 0.15) is 5.01 Å². The lowest BCUT2D eigenvalue weighted by atomic mass is 10.1. The molecular weight excluding hydrogens is 351 g/mol. The minimum Gasteiger partial charge on any atom is -0.296 e. The van der Waals surface area contributed by atoms with Crippen LogP contribution in [0.3, 0.4) is 0 Å². The lowest BCUT2D eigenvalue weighted by Gasteiger charge is -2.08. The number of halogens is 3. The summed E-state index contributed by atoms with van der Waals surface area (Å²) in [5.74, 6) is -0.668. The van der Waals surface area contributed by atoms with Gasteiger partial charge in [-0.25, -0.2) is 0 Å². The Morgan fingerprint density at radius 1 is 1.08 bits per heavy atom. The number of anilines is 1. The van der Waals surface area contributed by atoms with Crippen LogP contribution in [0.25, 0.3) is 10.6 Å². The molecule has 3 aromatic rings. The molecular formula is C17H12F3N3OS. The second-order valence-corrected chi connectivity index (χ2v) is 6.29. The molecule has 1 N–H and O–H groups in total. The molecule has 0 unspecified atom stereocenters. The molecule has 1 heterocycles. The second-order valence-electron chi connectivity index (χ2n) is 5.31. The molecule has 0 atom stereocenters. The van der Waals surface area contributed by atoms with Crippen molar-refractivity contribution in [2.75, 3.05) is 5.32 Å². The van der Waals surface area contributed by atoms with Gasteiger partial charge in [-0.05, 0) is 31.2 Å². The van der Waals surface area contributed by atoms with Crippen molar-refractivity contribution in [3.05, 3.63) is 65.2 Å². The summed E-state index contributed by atoms with van der Waals surface area (Å²) in [6.45, 7) is 1.95. The van der Waals surface area contributed by atoms with Gasteiger partial charge in [0.15, 0.2) is 0 Å². The highest BCUT2D eigenvalue weighted by Gasteiger charge is 2.31. The van der Waals surface area contributed by atoms with E-state index in [-0.39, 0.29) is 10.7 Å². The number of hydrogen-bond donors (Lipinski definition) is 1. The van der Waals surface area contributed by atoms with Crippen LogP contribution in [0.1, 0.15) is 21.5 Å². The second kappa shape index (κ2) is 6.64. The number of rotatable bonds is 3. The normalized spacial score (nSPS) is 11.4. The third-order valence-corrected chi connectivity index (χ3v) is 4.25. The molecule has 0 bridgehead atoms. The van der Waals surface area contributed by atoms with Crippen molar-refractivity contribution < 1.29 is 18.0 Å². The fraction of sp³-hybridized carbons (Fsp3) is 0.118. The van der Waals surface area contributed by atoms with Gasteiger partial charge in [0, 0.05) is 11.1 Å². The van der Waals surface area contributed by atoms with Crippen LogP contribution in [0.15, 0.2) is 48.5 Å². The average Bonchev–Trinajstić information content (AvgIpc) is 3.03. The number of aromatic nitrogens is 2. The molecule has 4 nitrogen and oxygen atoms in total. The van der Waals surface area contributed by atoms with Gasteiger partial charge >= 0.3 is 6.18 Å². The summed E-state index contributed by atoms with van der Waals surface area (Å²) in [6, 6.07) is 11.8. The lowest BCUT2D eigenvalue weighted by molar-refractivity contribution is -0.137. The summed E-state index contributed by atoms with van der Waals surface area (Å²) < 4.78 is 38.2. The number of hydrogen-bond acceptors (Lipinski definition) is 4. The van der Waals surface area contributed by atoms with Gasteiger partial charge in [0.05, 0.1) is 5.56 Å². The van der Waals surface area contributed by atoms with Crippen molar-refractivity contribution in [1.82, 2.24) is 10.2 Å². The number of carbonyl (C=O) groups excluding carboxylic acids is 1. The Hall–Kier alpha value is -2.74. The van der Waals surface area contributed by atoms with E-state index in [9.17, 15) is 18.0 Å². The topological polar surface area (TPSA) is 54.9 Å². The number of benzene rings is 2. The van der Waals surface area contributed by atoms with Crippen molar-refractivity contribution in [3.63, 3.8) is 0 Å². The van der Waals surface area contributed by atoms with Crippen LogP contribution in [0.5, 0.6) is 0 Å². The number of alkyl halides is 3. The molecule has 0 aliphatic carbocycles. The minimum atomic E-state index is -4.50. The summed E-state index contributed by atoms with van der Waals surface area (Å²) in [4.78, 5) is 12.2. The summed E-state index contributed by atoms with van der Waals surface area (Å²) in [7, 11) is 0. The molecule has 2 aromatic carbocycles. The molecule has 0 aliphatic rings. The summed E-state index contributed by atoms with van der Waals surface area (Å²) in [6.07, 6.45) is -4.50. The zero-order chi connectivity index (χ0) is 18.0. The SMILES string of the molecule is Cc1cccc(-c2nnc(NC(=O)c3cccc(C(F)(F)F)c3)s2)c1. The van der Waals surface area contributed by atoms with E-state index in [0.29, 0.717) is 5.01 Å². The Morgan fingerprint density at radius 2 is 1.84 bits per heavy atom. The van der Waals surface area contributed by atoms with Crippen molar-refractivity contribution in [2.24, 2.45) is 0 Å². The Labute approximate surface area is 145 Å². The zero-order valence-corrected chi connectivity index (χ0v) is 13.8. The van der Waals surface area contributed by atoms with Gasteiger partial charge in [-0.15, -0.1) is 10.2 Å². The van der Waals surface area contributed by atoms with Gasteiger partial charge in [0.2, 0.25) is 5.13 Å². The van der Waals surface area contributed by atoms with E-state index in [4.69, 9.17) is 0 Å². The van der Waals surface area contributed by atoms with E-state index in [2.05, 4.69) is 15.5 Å². The molecule has 128 valence electrons. The number of amides is 1. The maximum absolute atomic E-state index is 12.7. The summed E-state index contributed by atoms with van der Waals surface area (Å²) in [5.41, 5.74) is 0.944. The van der Waals surface area contributed by atoms with E-state index >= 15 is 0 Å². The van der Waals surface area contributed by atoms with Crippen molar-refractivity contribution >= 4 is 22.4 Å². The first-order valence-electron chi connectivity index (χ1n) is 7.22. The van der Waals surface area contributed by atoms with Gasteiger partial charge in [-0.1, -0.05) is 41.2 Å². The number of nitrogens with zero attached hydrogens (tertiary/aromatic N) is 2. The standard InChI is InChI=1S/C17H12F3N3OS/c1-10-4-2-6-12(8-10)15-22-23-16(25-15)21-14(24)11-5-3-7-13(9-11)17(18,19)20/h2-9H,1H3,(H,21,23,24). The van der Waals surface area contributed by atoms with E-state index in [1.807, 2.05) is 31.2 Å². The Kier molecular flexibility index (Phi) is 4.54. The van der Waals surface area contributed by atoms with Gasteiger partial charge in [-0.2, -0.15) is 13.2 Å². The minimum absolute atomic E-state index is 0.0952. The molecule has 1 aromatic heterocycles. The summed E-state index contributed by atoms with van der Waals surface area (Å²) in [5, 5.41) is 11.2. The predicted octanol–water partition coefficient (Wildman–Crippen LogP) is 4.78. The molecule has 25 heavy (non-hydrogen) atoms. The predicted molar refractivity (Wildman–Crippen MR) is 89.5 cm³/mol. The Balaban J connectivity index is 1.78. The summed E-state index contributed by atoms with van der Waals surface area (Å²) >= 11 is 1.15. The molecule has 0 aliphatic heterocycles. The zero-order valence-electron chi connectivity index (χ0n) is 13.0. The molecule has 8 heteroatoms. The molecule has 1 amide bonds. The first-order chi connectivity index (χ1) is 11.8. The van der Waals surface area contributed by atoms with E-state index < -0.39 is 17.6 Å². The molecule has 0 saturated heterocycles. The van der Waals surface area contributed by atoms with Crippen molar-refractivity contribution in [1.29, 1.82) is 0 Å². The van der Waals surface area contributed by atoms with Crippen molar-refractivity contribution in [2.45, 2.75) is 13.1 Å². The maximum Gasteiger partial charge on any atom is 0.416 e. The highest BCUT2D eigenvalue weighted by atomic mass is 32.1. The van der Waals surface area contributed by atoms with Gasteiger partial charge in [-0.3, -0.25) is 10.1 Å². The van der Waals surface area contributed by atoms with E-state index in [1.54, 1.807) is 0 Å². The third-order valence-electron chi connectivity index (χ3n) is 3.36. The van der Waals surface area contributed by atoms with Crippen LogP contribution in [0.4, 0.5) is 18.3 Å². The van der Waals surface area contributed by atoms with Crippen LogP contribution in [-0.2, 0) is 6.18 Å². The maximum atomic E-state index is 12.7. The van der Waals surface area contributed by atoms with Crippen LogP contribution in [0, 0.1) is 6.92 Å². The Morgan fingerprint density at radius 3 is 2.56 bits per heavy atom. The van der Waals surface area contributed by atoms with E-state index in [0.717, 1.165) is 34.6 Å². The average molecular weight is 363 g/mol. The van der Waals surface area contributed by atoms with E-state index in [1.165, 1.54) is 12.1 Å². The van der Waals surface area contributed by atoms with Crippen LogP contribution < -0.4 is 5.32 Å². The monoisotopic (exact) mass is 363 g/mol. The highest BCUT2D eigenvalue weighted by Crippen LogP contribution is 2.30. The number of carbonyl (C=O) groups is 1. The highest BCUT2D eigenvalue weighted by molar-refractivity contribution is 7.18. The molecule has 0 spiro atoms. The molecule has 0 saturated carbocycles. The number of aryl methyl sites for hydroxylation is 1. The quantitative estimate of drug-likeness (QED) is 0.728. The first-order valence-corrected chi connectivity index (χ1v) is 8.04. The number of nitrogens with one attached hydrogen (secondary N) is 1.